The van der Waals surface area contributed by atoms with Crippen LogP contribution in [0.3, 0.4) is 0 Å². The molecule has 1 atom stereocenters. The Hall–Kier alpha value is -3.32. The summed E-state index contributed by atoms with van der Waals surface area (Å²) in [5.41, 5.74) is 2.49. The number of fused-ring (bicyclic) bond motifs is 1. The quantitative estimate of drug-likeness (QED) is 0.539. The van der Waals surface area contributed by atoms with Crippen molar-refractivity contribution in [3.8, 4) is 5.75 Å². The number of aromatic nitrogens is 1. The zero-order valence-corrected chi connectivity index (χ0v) is 21.3. The standard InChI is InChI=1S/C29H36N4O3/c1-31(23-11-7-4-8-12-23)18-24-19-32(20-28(34)33(24)17-21-9-5-3-6-10-21)29(35)27-16-22-15-25(36-2)13-14-26(22)30-27/h3,5-6,9-10,13-16,23-24,30H,4,7-8,11-12,17-20H2,1-2H3/t24-/m0/s1. The Bertz CT molecular complexity index is 1200. The Morgan fingerprint density at radius 3 is 2.61 bits per heavy atom. The molecule has 7 heteroatoms. The molecule has 1 N–H and O–H groups in total. The topological polar surface area (TPSA) is 68.9 Å². The molecule has 2 amide bonds. The Kier molecular flexibility index (Phi) is 7.28. The number of likely N-dealkylation sites (N-methyl/N-ethyl adjacent to an activating group) is 1. The van der Waals surface area contributed by atoms with Gasteiger partial charge in [0.15, 0.2) is 0 Å². The molecule has 5 rings (SSSR count). The lowest BCUT2D eigenvalue weighted by Crippen LogP contribution is -2.60. The fourth-order valence-electron chi connectivity index (χ4n) is 5.71. The summed E-state index contributed by atoms with van der Waals surface area (Å²) < 4.78 is 5.32. The minimum Gasteiger partial charge on any atom is -0.497 e. The second-order valence-corrected chi connectivity index (χ2v) is 10.2. The summed E-state index contributed by atoms with van der Waals surface area (Å²) in [6.07, 6.45) is 6.25. The van der Waals surface area contributed by atoms with Gasteiger partial charge < -0.3 is 24.4 Å². The lowest BCUT2D eigenvalue weighted by Gasteiger charge is -2.44. The highest BCUT2D eigenvalue weighted by molar-refractivity contribution is 6.00. The molecule has 1 aromatic heterocycles. The molecule has 3 aromatic rings. The molecule has 0 spiro atoms. The highest BCUT2D eigenvalue weighted by atomic mass is 16.5. The van der Waals surface area contributed by atoms with Crippen LogP contribution in [0.1, 0.15) is 48.2 Å². The van der Waals surface area contributed by atoms with Crippen molar-refractivity contribution < 1.29 is 14.3 Å². The molecular weight excluding hydrogens is 452 g/mol. The first kappa shape index (κ1) is 24.4. The number of carbonyl (C=O) groups excluding carboxylic acids is 2. The minimum atomic E-state index is -0.136. The van der Waals surface area contributed by atoms with Crippen LogP contribution < -0.4 is 4.74 Å². The van der Waals surface area contributed by atoms with Gasteiger partial charge in [-0.3, -0.25) is 9.59 Å². The van der Waals surface area contributed by atoms with Gasteiger partial charge in [0.1, 0.15) is 18.0 Å². The molecule has 2 fully saturated rings. The van der Waals surface area contributed by atoms with Gasteiger partial charge in [-0.2, -0.15) is 0 Å². The van der Waals surface area contributed by atoms with E-state index in [1.165, 1.54) is 32.1 Å². The van der Waals surface area contributed by atoms with E-state index in [0.29, 0.717) is 24.8 Å². The largest absolute Gasteiger partial charge is 0.497 e. The fourth-order valence-corrected chi connectivity index (χ4v) is 5.71. The highest BCUT2D eigenvalue weighted by Gasteiger charge is 2.36. The number of H-pyrrole nitrogens is 1. The molecule has 1 saturated carbocycles. The van der Waals surface area contributed by atoms with E-state index in [1.54, 1.807) is 12.0 Å². The van der Waals surface area contributed by atoms with E-state index >= 15 is 0 Å². The minimum absolute atomic E-state index is 0.00159. The number of piperazine rings is 1. The van der Waals surface area contributed by atoms with Gasteiger partial charge in [-0.1, -0.05) is 49.6 Å². The molecule has 1 aliphatic heterocycles. The number of rotatable bonds is 7. The number of benzene rings is 2. The van der Waals surface area contributed by atoms with E-state index in [2.05, 4.69) is 29.1 Å². The maximum atomic E-state index is 13.5. The number of hydrogen-bond donors (Lipinski definition) is 1. The summed E-state index contributed by atoms with van der Waals surface area (Å²) >= 11 is 0. The summed E-state index contributed by atoms with van der Waals surface area (Å²) in [6, 6.07) is 18.2. The Morgan fingerprint density at radius 2 is 1.86 bits per heavy atom. The van der Waals surface area contributed by atoms with Gasteiger partial charge in [0.05, 0.1) is 13.2 Å². The number of hydrogen-bond acceptors (Lipinski definition) is 4. The third-order valence-corrected chi connectivity index (χ3v) is 7.76. The van der Waals surface area contributed by atoms with Gasteiger partial charge in [0.2, 0.25) is 5.91 Å². The summed E-state index contributed by atoms with van der Waals surface area (Å²) in [5.74, 6) is 0.609. The summed E-state index contributed by atoms with van der Waals surface area (Å²) in [6.45, 7) is 1.94. The van der Waals surface area contributed by atoms with Crippen molar-refractivity contribution in [1.82, 2.24) is 19.7 Å². The first-order valence-electron chi connectivity index (χ1n) is 13.0. The van der Waals surface area contributed by atoms with Crippen molar-refractivity contribution in [2.24, 2.45) is 0 Å². The van der Waals surface area contributed by atoms with Gasteiger partial charge in [-0.15, -0.1) is 0 Å². The van der Waals surface area contributed by atoms with E-state index in [-0.39, 0.29) is 24.4 Å². The van der Waals surface area contributed by atoms with Crippen LogP contribution in [0.2, 0.25) is 0 Å². The summed E-state index contributed by atoms with van der Waals surface area (Å²) in [5, 5.41) is 0.917. The van der Waals surface area contributed by atoms with E-state index in [9.17, 15) is 9.59 Å². The Balaban J connectivity index is 1.37. The van der Waals surface area contributed by atoms with Crippen LogP contribution in [0, 0.1) is 0 Å². The number of methoxy groups -OCH3 is 1. The Morgan fingerprint density at radius 1 is 1.08 bits per heavy atom. The molecule has 2 heterocycles. The molecule has 0 unspecified atom stereocenters. The maximum absolute atomic E-state index is 13.5. The monoisotopic (exact) mass is 488 g/mol. The van der Waals surface area contributed by atoms with Gasteiger partial charge in [0, 0.05) is 36.6 Å². The lowest BCUT2D eigenvalue weighted by molar-refractivity contribution is -0.140. The maximum Gasteiger partial charge on any atom is 0.270 e. The number of nitrogens with zero attached hydrogens (tertiary/aromatic N) is 3. The molecule has 1 aliphatic carbocycles. The van der Waals surface area contributed by atoms with E-state index in [0.717, 1.165) is 28.8 Å². The van der Waals surface area contributed by atoms with Crippen LogP contribution in [0.4, 0.5) is 0 Å². The van der Waals surface area contributed by atoms with Crippen molar-refractivity contribution in [1.29, 1.82) is 0 Å². The number of amides is 2. The SMILES string of the molecule is COc1ccc2[nH]c(C(=O)N3CC(=O)N(Cc4ccccc4)[C@@H](CN(C)C4CCCCC4)C3)cc2c1. The van der Waals surface area contributed by atoms with E-state index in [1.807, 2.05) is 47.4 Å². The van der Waals surface area contributed by atoms with Gasteiger partial charge in [-0.05, 0) is 49.7 Å². The number of nitrogens with one attached hydrogen (secondary N) is 1. The van der Waals surface area contributed by atoms with Gasteiger partial charge >= 0.3 is 0 Å². The normalized spacial score (nSPS) is 19.3. The molecule has 2 aromatic carbocycles. The molecule has 7 nitrogen and oxygen atoms in total. The molecule has 1 saturated heterocycles. The molecule has 190 valence electrons. The van der Waals surface area contributed by atoms with Crippen LogP contribution in [-0.2, 0) is 11.3 Å². The fraction of sp³-hybridized carbons (Fsp3) is 0.448. The number of aromatic amines is 1. The first-order valence-corrected chi connectivity index (χ1v) is 13.0. The number of carbonyl (C=O) groups is 2. The van der Waals surface area contributed by atoms with Crippen molar-refractivity contribution >= 4 is 22.7 Å². The van der Waals surface area contributed by atoms with Crippen LogP contribution >= 0.6 is 0 Å². The molecule has 2 aliphatic rings. The zero-order chi connectivity index (χ0) is 25.1. The predicted octanol–water partition coefficient (Wildman–Crippen LogP) is 4.29. The van der Waals surface area contributed by atoms with E-state index < -0.39 is 0 Å². The van der Waals surface area contributed by atoms with Crippen LogP contribution in [-0.4, -0.2) is 77.4 Å². The summed E-state index contributed by atoms with van der Waals surface area (Å²) in [4.78, 5) is 36.3. The van der Waals surface area contributed by atoms with Gasteiger partial charge in [-0.25, -0.2) is 0 Å². The third-order valence-electron chi connectivity index (χ3n) is 7.76. The van der Waals surface area contributed by atoms with Crippen molar-refractivity contribution in [3.63, 3.8) is 0 Å². The van der Waals surface area contributed by atoms with Crippen molar-refractivity contribution in [2.75, 3.05) is 33.8 Å². The predicted molar refractivity (Wildman–Crippen MR) is 141 cm³/mol. The second kappa shape index (κ2) is 10.7. The summed E-state index contributed by atoms with van der Waals surface area (Å²) in [7, 11) is 3.80. The van der Waals surface area contributed by atoms with E-state index in [4.69, 9.17) is 4.74 Å². The van der Waals surface area contributed by atoms with Gasteiger partial charge in [0.25, 0.3) is 5.91 Å². The lowest BCUT2D eigenvalue weighted by atomic mass is 9.94. The number of ether oxygens (including phenoxy) is 1. The van der Waals surface area contributed by atoms with Crippen molar-refractivity contribution in [3.05, 3.63) is 65.9 Å². The molecular formula is C29H36N4O3. The second-order valence-electron chi connectivity index (χ2n) is 10.2. The first-order chi connectivity index (χ1) is 17.5. The average Bonchev–Trinajstić information content (AvgIpc) is 3.34. The molecule has 36 heavy (non-hydrogen) atoms. The van der Waals surface area contributed by atoms with Crippen LogP contribution in [0.25, 0.3) is 10.9 Å². The Labute approximate surface area is 213 Å². The highest BCUT2D eigenvalue weighted by Crippen LogP contribution is 2.26. The third kappa shape index (κ3) is 5.26. The molecule has 0 bridgehead atoms. The van der Waals surface area contributed by atoms with Crippen LogP contribution in [0.5, 0.6) is 5.75 Å². The van der Waals surface area contributed by atoms with Crippen LogP contribution in [0.15, 0.2) is 54.6 Å². The average molecular weight is 489 g/mol. The zero-order valence-electron chi connectivity index (χ0n) is 21.3. The smallest absolute Gasteiger partial charge is 0.270 e. The molecule has 0 radical (unpaired) electrons. The van der Waals surface area contributed by atoms with Crippen molar-refractivity contribution in [2.45, 2.75) is 50.7 Å².